The molecule has 1 amide bonds. The lowest BCUT2D eigenvalue weighted by Crippen LogP contribution is -2.46. The summed E-state index contributed by atoms with van der Waals surface area (Å²) >= 11 is 0. The van der Waals surface area contributed by atoms with Crippen molar-refractivity contribution in [3.63, 3.8) is 0 Å². The van der Waals surface area contributed by atoms with E-state index in [4.69, 9.17) is 0 Å². The largest absolute Gasteiger partial charge is 0.351 e. The van der Waals surface area contributed by atoms with Gasteiger partial charge in [0.2, 0.25) is 5.91 Å². The zero-order chi connectivity index (χ0) is 14.5. The van der Waals surface area contributed by atoms with Crippen LogP contribution in [0.4, 0.5) is 0 Å². The monoisotopic (exact) mass is 357 g/mol. The zero-order valence-electron chi connectivity index (χ0n) is 12.6. The Bertz CT molecular complexity index is 600. The van der Waals surface area contributed by atoms with Crippen molar-refractivity contribution in [1.82, 2.24) is 25.4 Å². The molecule has 0 saturated carbocycles. The van der Waals surface area contributed by atoms with Gasteiger partial charge in [-0.15, -0.1) is 24.8 Å². The van der Waals surface area contributed by atoms with Crippen LogP contribution in [0.5, 0.6) is 0 Å². The van der Waals surface area contributed by atoms with Crippen molar-refractivity contribution in [3.05, 3.63) is 42.4 Å². The molecule has 1 aliphatic heterocycles. The number of nitrogens with one attached hydrogen (secondary N) is 2. The van der Waals surface area contributed by atoms with E-state index >= 15 is 0 Å². The number of halogens is 2. The summed E-state index contributed by atoms with van der Waals surface area (Å²) in [6.45, 7) is 1.44. The molecule has 3 heterocycles. The highest BCUT2D eigenvalue weighted by Crippen LogP contribution is 2.08. The van der Waals surface area contributed by atoms with Gasteiger partial charge in [0.15, 0.2) is 5.82 Å². The Labute approximate surface area is 147 Å². The first-order chi connectivity index (χ1) is 10.3. The van der Waals surface area contributed by atoms with Crippen LogP contribution in [0.15, 0.2) is 36.8 Å². The third kappa shape index (κ3) is 5.20. The van der Waals surface area contributed by atoms with Gasteiger partial charge in [0.1, 0.15) is 0 Å². The normalized spacial score (nSPS) is 16.8. The van der Waals surface area contributed by atoms with E-state index in [2.05, 4.69) is 20.7 Å². The minimum Gasteiger partial charge on any atom is -0.351 e. The summed E-state index contributed by atoms with van der Waals surface area (Å²) in [7, 11) is 0. The molecule has 1 saturated heterocycles. The van der Waals surface area contributed by atoms with E-state index in [9.17, 15) is 4.79 Å². The van der Waals surface area contributed by atoms with Crippen molar-refractivity contribution in [2.75, 3.05) is 6.54 Å². The highest BCUT2D eigenvalue weighted by atomic mass is 35.5. The van der Waals surface area contributed by atoms with Crippen LogP contribution in [0.3, 0.4) is 0 Å². The predicted octanol–water partition coefficient (Wildman–Crippen LogP) is 1.87. The number of carbonyl (C=O) groups is 1. The summed E-state index contributed by atoms with van der Waals surface area (Å²) in [5.74, 6) is 0.828. The maximum atomic E-state index is 12.1. The molecule has 2 aromatic heterocycles. The number of aromatic nitrogens is 3. The van der Waals surface area contributed by atoms with Gasteiger partial charge in [0, 0.05) is 25.1 Å². The van der Waals surface area contributed by atoms with E-state index in [1.165, 1.54) is 0 Å². The van der Waals surface area contributed by atoms with Crippen molar-refractivity contribution >= 4 is 30.7 Å². The van der Waals surface area contributed by atoms with Crippen molar-refractivity contribution in [2.24, 2.45) is 0 Å². The highest BCUT2D eigenvalue weighted by Gasteiger charge is 2.19. The van der Waals surface area contributed by atoms with Crippen LogP contribution in [0.1, 0.15) is 24.8 Å². The minimum absolute atomic E-state index is 0. The lowest BCUT2D eigenvalue weighted by molar-refractivity contribution is -0.123. The number of hydrogen-bond donors (Lipinski definition) is 2. The number of pyridine rings is 1. The SMILES string of the molecule is Cl.Cl.O=C(NCc1ccnc(-n2cccn2)c1)[C@H]1CCCCN1. The standard InChI is InChI=1S/C15H19N5O.2ClH/c21-15(13-4-1-2-6-16-13)18-11-12-5-8-17-14(10-12)20-9-3-7-19-20;;/h3,5,7-10,13,16H,1-2,4,6,11H2,(H,18,21);2*1H/t13-;;/m1../s1. The highest BCUT2D eigenvalue weighted by molar-refractivity contribution is 5.85. The molecule has 1 atom stereocenters. The van der Waals surface area contributed by atoms with Gasteiger partial charge in [-0.05, 0) is 43.1 Å². The maximum absolute atomic E-state index is 12.1. The number of carbonyl (C=O) groups excluding carboxylic acids is 1. The van der Waals surface area contributed by atoms with Gasteiger partial charge in [0.25, 0.3) is 0 Å². The lowest BCUT2D eigenvalue weighted by Gasteiger charge is -2.22. The maximum Gasteiger partial charge on any atom is 0.237 e. The Morgan fingerprint density at radius 3 is 2.91 bits per heavy atom. The minimum atomic E-state index is -0.0498. The van der Waals surface area contributed by atoms with Crippen molar-refractivity contribution in [3.8, 4) is 5.82 Å². The second-order valence-corrected chi connectivity index (χ2v) is 5.19. The first kappa shape index (κ1) is 19.4. The molecule has 2 N–H and O–H groups in total. The van der Waals surface area contributed by atoms with Gasteiger partial charge in [0.05, 0.1) is 6.04 Å². The smallest absolute Gasteiger partial charge is 0.237 e. The predicted molar refractivity (Wildman–Crippen MR) is 93.3 cm³/mol. The number of rotatable bonds is 4. The van der Waals surface area contributed by atoms with Crippen molar-refractivity contribution in [1.29, 1.82) is 0 Å². The van der Waals surface area contributed by atoms with Crippen LogP contribution in [-0.4, -0.2) is 33.3 Å². The zero-order valence-corrected chi connectivity index (χ0v) is 14.3. The van der Waals surface area contributed by atoms with Gasteiger partial charge in [-0.1, -0.05) is 6.42 Å². The van der Waals surface area contributed by atoms with E-state index < -0.39 is 0 Å². The molecule has 126 valence electrons. The van der Waals surface area contributed by atoms with Crippen LogP contribution in [-0.2, 0) is 11.3 Å². The Morgan fingerprint density at radius 1 is 1.35 bits per heavy atom. The van der Waals surface area contributed by atoms with E-state index in [0.29, 0.717) is 6.54 Å². The van der Waals surface area contributed by atoms with E-state index in [-0.39, 0.29) is 36.8 Å². The fraction of sp³-hybridized carbons (Fsp3) is 0.400. The van der Waals surface area contributed by atoms with Crippen LogP contribution < -0.4 is 10.6 Å². The summed E-state index contributed by atoms with van der Waals surface area (Å²) in [6.07, 6.45) is 8.48. The van der Waals surface area contributed by atoms with Gasteiger partial charge >= 0.3 is 0 Å². The Hall–Kier alpha value is -1.63. The fourth-order valence-corrected chi connectivity index (χ4v) is 2.49. The molecule has 0 aromatic carbocycles. The molecule has 0 spiro atoms. The molecule has 0 unspecified atom stereocenters. The molecule has 2 aromatic rings. The molecular weight excluding hydrogens is 337 g/mol. The summed E-state index contributed by atoms with van der Waals surface area (Å²) in [5, 5.41) is 10.4. The Balaban J connectivity index is 0.00000132. The Morgan fingerprint density at radius 2 is 2.22 bits per heavy atom. The van der Waals surface area contributed by atoms with Crippen LogP contribution in [0, 0.1) is 0 Å². The first-order valence-electron chi connectivity index (χ1n) is 7.29. The van der Waals surface area contributed by atoms with E-state index in [1.807, 2.05) is 24.4 Å². The molecule has 6 nitrogen and oxygen atoms in total. The number of nitrogens with zero attached hydrogens (tertiary/aromatic N) is 3. The molecule has 1 aliphatic rings. The average Bonchev–Trinajstić information content (AvgIpc) is 3.08. The topological polar surface area (TPSA) is 71.8 Å². The van der Waals surface area contributed by atoms with Gasteiger partial charge < -0.3 is 10.6 Å². The summed E-state index contributed by atoms with van der Waals surface area (Å²) in [6, 6.07) is 5.64. The van der Waals surface area contributed by atoms with Gasteiger partial charge in [-0.3, -0.25) is 4.79 Å². The van der Waals surface area contributed by atoms with Crippen LogP contribution >= 0.6 is 24.8 Å². The van der Waals surface area contributed by atoms with E-state index in [0.717, 1.165) is 37.2 Å². The quantitative estimate of drug-likeness (QED) is 0.875. The molecule has 8 heteroatoms. The summed E-state index contributed by atoms with van der Waals surface area (Å²) in [4.78, 5) is 16.4. The molecule has 3 rings (SSSR count). The van der Waals surface area contributed by atoms with Crippen LogP contribution in [0.2, 0.25) is 0 Å². The van der Waals surface area contributed by atoms with E-state index in [1.54, 1.807) is 17.1 Å². The molecule has 1 fully saturated rings. The summed E-state index contributed by atoms with van der Waals surface area (Å²) < 4.78 is 1.70. The number of piperidine rings is 1. The third-order valence-electron chi connectivity index (χ3n) is 3.64. The third-order valence-corrected chi connectivity index (χ3v) is 3.64. The molecule has 0 aliphatic carbocycles. The van der Waals surface area contributed by atoms with Crippen molar-refractivity contribution in [2.45, 2.75) is 31.8 Å². The lowest BCUT2D eigenvalue weighted by atomic mass is 10.0. The van der Waals surface area contributed by atoms with Gasteiger partial charge in [-0.2, -0.15) is 5.10 Å². The summed E-state index contributed by atoms with van der Waals surface area (Å²) in [5.41, 5.74) is 1.01. The molecule has 23 heavy (non-hydrogen) atoms. The molecular formula is C15H21Cl2N5O. The van der Waals surface area contributed by atoms with Gasteiger partial charge in [-0.25, -0.2) is 9.67 Å². The van der Waals surface area contributed by atoms with Crippen LogP contribution in [0.25, 0.3) is 5.82 Å². The van der Waals surface area contributed by atoms with Crippen molar-refractivity contribution < 1.29 is 4.79 Å². The number of amides is 1. The Kier molecular flexibility index (Phi) is 8.02. The second-order valence-electron chi connectivity index (χ2n) is 5.19. The fourth-order valence-electron chi connectivity index (χ4n) is 2.49. The second kappa shape index (κ2) is 9.50. The molecule has 0 bridgehead atoms. The average molecular weight is 358 g/mol. The first-order valence-corrected chi connectivity index (χ1v) is 7.29. The number of hydrogen-bond acceptors (Lipinski definition) is 4. The molecule has 0 radical (unpaired) electrons.